The zero-order chi connectivity index (χ0) is 41.4. The number of quaternary nitrogens is 1. The van der Waals surface area contributed by atoms with E-state index in [9.17, 15) is 19.5 Å². The number of carboxylic acid groups (broad SMARTS) is 1. The van der Waals surface area contributed by atoms with Crippen LogP contribution in [-0.2, 0) is 28.6 Å². The molecule has 0 N–H and O–H groups in total. The summed E-state index contributed by atoms with van der Waals surface area (Å²) in [5.41, 5.74) is 0. The van der Waals surface area contributed by atoms with Crippen molar-refractivity contribution in [3.8, 4) is 0 Å². The first-order chi connectivity index (χ1) is 27.1. The predicted molar refractivity (Wildman–Crippen MR) is 231 cm³/mol. The Bertz CT molecular complexity index is 973. The van der Waals surface area contributed by atoms with Gasteiger partial charge in [-0.15, -0.1) is 0 Å². The van der Waals surface area contributed by atoms with Crippen LogP contribution in [0.25, 0.3) is 0 Å². The van der Waals surface area contributed by atoms with Crippen LogP contribution in [0.4, 0.5) is 0 Å². The number of hydrogen-bond acceptors (Lipinski definition) is 7. The third kappa shape index (κ3) is 37.4. The van der Waals surface area contributed by atoms with Gasteiger partial charge >= 0.3 is 11.9 Å². The van der Waals surface area contributed by atoms with Crippen LogP contribution >= 0.6 is 0 Å². The highest BCUT2D eigenvalue weighted by Crippen LogP contribution is 2.16. The Kier molecular flexibility index (Phi) is 38.1. The lowest BCUT2D eigenvalue weighted by molar-refractivity contribution is -0.889. The van der Waals surface area contributed by atoms with Crippen LogP contribution < -0.4 is 5.11 Å². The number of hydrogen-bond donors (Lipinski definition) is 0. The van der Waals surface area contributed by atoms with Crippen molar-refractivity contribution < 1.29 is 38.2 Å². The van der Waals surface area contributed by atoms with Crippen LogP contribution in [0.3, 0.4) is 0 Å². The van der Waals surface area contributed by atoms with Crippen molar-refractivity contribution in [2.75, 3.05) is 41.0 Å². The minimum atomic E-state index is -1.13. The summed E-state index contributed by atoms with van der Waals surface area (Å²) >= 11 is 0. The molecular formula is C48H89NO7. The van der Waals surface area contributed by atoms with Crippen molar-refractivity contribution >= 4 is 17.9 Å². The van der Waals surface area contributed by atoms with Crippen LogP contribution in [0.1, 0.15) is 213 Å². The molecule has 0 fully saturated rings. The molecule has 8 heteroatoms. The number of likely N-dealkylation sites (N-methyl/N-ethyl adjacent to an activating group) is 1. The molecule has 0 rings (SSSR count). The molecule has 328 valence electrons. The van der Waals surface area contributed by atoms with Gasteiger partial charge in [-0.3, -0.25) is 9.59 Å². The van der Waals surface area contributed by atoms with E-state index in [4.69, 9.17) is 14.2 Å². The average Bonchev–Trinajstić information content (AvgIpc) is 3.15. The van der Waals surface area contributed by atoms with Crippen molar-refractivity contribution in [2.45, 2.75) is 225 Å². The van der Waals surface area contributed by atoms with Gasteiger partial charge in [0.2, 0.25) is 0 Å². The number of carbonyl (C=O) groups is 3. The smallest absolute Gasteiger partial charge is 0.306 e. The largest absolute Gasteiger partial charge is 0.544 e. The van der Waals surface area contributed by atoms with E-state index in [2.05, 4.69) is 38.2 Å². The molecule has 0 spiro atoms. The van der Waals surface area contributed by atoms with Crippen LogP contribution in [0.5, 0.6) is 0 Å². The maximum atomic E-state index is 12.7. The van der Waals surface area contributed by atoms with Crippen molar-refractivity contribution in [3.63, 3.8) is 0 Å². The number of carbonyl (C=O) groups excluding carboxylic acids is 3. The molecule has 56 heavy (non-hydrogen) atoms. The van der Waals surface area contributed by atoms with Crippen LogP contribution in [0.2, 0.25) is 0 Å². The minimum Gasteiger partial charge on any atom is -0.544 e. The van der Waals surface area contributed by atoms with E-state index >= 15 is 0 Å². The molecule has 0 aliphatic heterocycles. The molecule has 0 bridgehead atoms. The first kappa shape index (κ1) is 53.8. The number of aliphatic carboxylic acids is 1. The lowest BCUT2D eigenvalue weighted by Gasteiger charge is -2.34. The number of allylic oxidation sites excluding steroid dienone is 4. The van der Waals surface area contributed by atoms with Crippen LogP contribution in [-0.4, -0.2) is 75.5 Å². The summed E-state index contributed by atoms with van der Waals surface area (Å²) in [5, 5.41) is 11.6. The molecule has 0 radical (unpaired) electrons. The second-order valence-electron chi connectivity index (χ2n) is 17.0. The fraction of sp³-hybridized carbons (Fsp3) is 0.854. The Balaban J connectivity index is 4.21. The maximum Gasteiger partial charge on any atom is 0.306 e. The van der Waals surface area contributed by atoms with Crippen molar-refractivity contribution in [1.82, 2.24) is 0 Å². The van der Waals surface area contributed by atoms with Gasteiger partial charge in [0.1, 0.15) is 12.6 Å². The van der Waals surface area contributed by atoms with E-state index < -0.39 is 18.1 Å². The summed E-state index contributed by atoms with van der Waals surface area (Å²) in [6, 6.07) is -0.725. The van der Waals surface area contributed by atoms with Gasteiger partial charge < -0.3 is 28.6 Å². The average molecular weight is 792 g/mol. The number of unbranched alkanes of at least 4 members (excludes halogenated alkanes) is 24. The summed E-state index contributed by atoms with van der Waals surface area (Å²) in [6.07, 6.45) is 43.5. The first-order valence-electron chi connectivity index (χ1n) is 23.4. The van der Waals surface area contributed by atoms with Crippen molar-refractivity contribution in [3.05, 3.63) is 24.3 Å². The molecule has 0 amide bonds. The number of nitrogens with zero attached hydrogens (tertiary/aromatic N) is 1. The monoisotopic (exact) mass is 792 g/mol. The summed E-state index contributed by atoms with van der Waals surface area (Å²) in [4.78, 5) is 36.8. The van der Waals surface area contributed by atoms with Gasteiger partial charge in [-0.1, -0.05) is 179 Å². The molecule has 0 aliphatic rings. The lowest BCUT2D eigenvalue weighted by atomic mass is 10.0. The quantitative estimate of drug-likeness (QED) is 0.0262. The fourth-order valence-electron chi connectivity index (χ4n) is 6.99. The van der Waals surface area contributed by atoms with Gasteiger partial charge in [-0.25, -0.2) is 0 Å². The molecule has 0 saturated heterocycles. The zero-order valence-electron chi connectivity index (χ0n) is 37.3. The summed E-state index contributed by atoms with van der Waals surface area (Å²) in [5.74, 6) is -1.74. The number of ether oxygens (including phenoxy) is 3. The molecular weight excluding hydrogens is 703 g/mol. The van der Waals surface area contributed by atoms with Gasteiger partial charge in [0.25, 0.3) is 0 Å². The van der Waals surface area contributed by atoms with Gasteiger partial charge in [0.05, 0.1) is 40.3 Å². The predicted octanol–water partition coefficient (Wildman–Crippen LogP) is 11.5. The Morgan fingerprint density at radius 2 is 1.00 bits per heavy atom. The van der Waals surface area contributed by atoms with Crippen molar-refractivity contribution in [2.24, 2.45) is 0 Å². The molecule has 0 aromatic heterocycles. The van der Waals surface area contributed by atoms with E-state index in [0.717, 1.165) is 70.6 Å². The van der Waals surface area contributed by atoms with Crippen LogP contribution in [0, 0.1) is 0 Å². The first-order valence-corrected chi connectivity index (χ1v) is 23.4. The Hall–Kier alpha value is -2.19. The standard InChI is InChI=1S/C48H89NO7/c1-6-8-10-12-14-16-18-20-21-22-23-24-25-26-27-29-30-32-34-36-38-46(50)55-43-44(42-54-41-40-45(48(52)53)49(3,4)5)56-47(51)39-37-35-33-31-28-19-17-15-13-11-9-7-2/h9,11,15,17,44-45H,6-8,10,12-14,16,18-43H2,1-5H3/b11-9+,17-15+. The van der Waals surface area contributed by atoms with Crippen molar-refractivity contribution in [1.29, 1.82) is 0 Å². The normalized spacial score (nSPS) is 13.1. The molecule has 0 aromatic rings. The summed E-state index contributed by atoms with van der Waals surface area (Å²) in [6.45, 7) is 4.56. The molecule has 0 aromatic carbocycles. The van der Waals surface area contributed by atoms with E-state index in [1.165, 1.54) is 109 Å². The third-order valence-corrected chi connectivity index (χ3v) is 10.6. The topological polar surface area (TPSA) is 102 Å². The highest BCUT2D eigenvalue weighted by molar-refractivity contribution is 5.70. The van der Waals surface area contributed by atoms with E-state index in [1.807, 2.05) is 0 Å². The Labute approximate surface area is 345 Å². The van der Waals surface area contributed by atoms with E-state index in [0.29, 0.717) is 12.8 Å². The third-order valence-electron chi connectivity index (χ3n) is 10.6. The molecule has 8 nitrogen and oxygen atoms in total. The number of rotatable bonds is 42. The molecule has 0 heterocycles. The summed E-state index contributed by atoms with van der Waals surface area (Å²) in [7, 11) is 5.41. The minimum absolute atomic E-state index is 0.0387. The highest BCUT2D eigenvalue weighted by Gasteiger charge is 2.25. The van der Waals surface area contributed by atoms with Crippen LogP contribution in [0.15, 0.2) is 24.3 Å². The van der Waals surface area contributed by atoms with Gasteiger partial charge in [0, 0.05) is 19.3 Å². The Morgan fingerprint density at radius 3 is 1.46 bits per heavy atom. The van der Waals surface area contributed by atoms with E-state index in [-0.39, 0.29) is 42.7 Å². The molecule has 0 aliphatic carbocycles. The Morgan fingerprint density at radius 1 is 0.554 bits per heavy atom. The second kappa shape index (κ2) is 39.6. The van der Waals surface area contributed by atoms with Gasteiger partial charge in [-0.2, -0.15) is 0 Å². The SMILES string of the molecule is CC/C=C/C/C=C/CCCCCCCC(=O)OC(COCCC(C(=O)[O-])[N+](C)(C)C)COC(=O)CCCCCCCCCCCCCCCCCCCCCC. The molecule has 2 atom stereocenters. The zero-order valence-corrected chi connectivity index (χ0v) is 37.3. The number of carboxylic acids is 1. The summed E-state index contributed by atoms with van der Waals surface area (Å²) < 4.78 is 17.2. The molecule has 2 unspecified atom stereocenters. The highest BCUT2D eigenvalue weighted by atomic mass is 16.6. The maximum absolute atomic E-state index is 12.7. The second-order valence-corrected chi connectivity index (χ2v) is 17.0. The fourth-order valence-corrected chi connectivity index (χ4v) is 6.99. The van der Waals surface area contributed by atoms with Gasteiger partial charge in [0.15, 0.2) is 6.10 Å². The molecule has 0 saturated carbocycles. The number of esters is 2. The van der Waals surface area contributed by atoms with Gasteiger partial charge in [-0.05, 0) is 38.5 Å². The lowest BCUT2D eigenvalue weighted by Crippen LogP contribution is -2.55. The van der Waals surface area contributed by atoms with E-state index in [1.54, 1.807) is 21.1 Å².